The molecule has 3 aromatic rings. The second-order valence-electron chi connectivity index (χ2n) is 8.55. The summed E-state index contributed by atoms with van der Waals surface area (Å²) in [6.07, 6.45) is 8.48. The second-order valence-corrected chi connectivity index (χ2v) is 8.55. The molecule has 166 valence electrons. The molecule has 0 radical (unpaired) electrons. The monoisotopic (exact) mass is 431 g/mol. The largest absolute Gasteiger partial charge is 0.381 e. The first-order valence-electron chi connectivity index (χ1n) is 11.4. The van der Waals surface area contributed by atoms with Crippen LogP contribution in [0.4, 0.5) is 0 Å². The summed E-state index contributed by atoms with van der Waals surface area (Å²) in [5.74, 6) is 0.262. The van der Waals surface area contributed by atoms with Gasteiger partial charge in [0.25, 0.3) is 5.91 Å². The summed E-state index contributed by atoms with van der Waals surface area (Å²) in [6, 6.07) is 14.4. The fourth-order valence-electron chi connectivity index (χ4n) is 4.91. The van der Waals surface area contributed by atoms with Crippen LogP contribution in [0.25, 0.3) is 5.69 Å². The molecule has 2 aliphatic heterocycles. The van der Waals surface area contributed by atoms with Gasteiger partial charge in [0.2, 0.25) is 0 Å². The maximum Gasteiger partial charge on any atom is 0.253 e. The lowest BCUT2D eigenvalue weighted by Gasteiger charge is -2.31. The molecule has 1 unspecified atom stereocenters. The molecule has 32 heavy (non-hydrogen) atoms. The Labute approximate surface area is 188 Å². The molecule has 0 aliphatic carbocycles. The minimum atomic E-state index is -0.119. The molecule has 5 rings (SSSR count). The highest BCUT2D eigenvalue weighted by Crippen LogP contribution is 2.33. The number of benzene rings is 1. The van der Waals surface area contributed by atoms with Gasteiger partial charge in [-0.3, -0.25) is 14.7 Å². The molecule has 0 spiro atoms. The van der Waals surface area contributed by atoms with Gasteiger partial charge in [-0.15, -0.1) is 0 Å². The van der Waals surface area contributed by atoms with Crippen molar-refractivity contribution in [3.05, 3.63) is 77.9 Å². The van der Waals surface area contributed by atoms with Crippen LogP contribution < -0.4 is 5.32 Å². The number of ether oxygens (including phenoxy) is 1. The fourth-order valence-corrected chi connectivity index (χ4v) is 4.91. The van der Waals surface area contributed by atoms with Gasteiger partial charge in [0.1, 0.15) is 0 Å². The molecule has 0 saturated carbocycles. The van der Waals surface area contributed by atoms with Gasteiger partial charge >= 0.3 is 0 Å². The molecular formula is C25H29N5O2. The quantitative estimate of drug-likeness (QED) is 0.649. The zero-order chi connectivity index (χ0) is 21.8. The molecule has 2 saturated heterocycles. The molecule has 0 bridgehead atoms. The van der Waals surface area contributed by atoms with Crippen LogP contribution in [0.5, 0.6) is 0 Å². The molecule has 7 nitrogen and oxygen atoms in total. The first-order valence-corrected chi connectivity index (χ1v) is 11.4. The Morgan fingerprint density at radius 3 is 2.69 bits per heavy atom. The molecule has 1 amide bonds. The Morgan fingerprint density at radius 1 is 1.06 bits per heavy atom. The van der Waals surface area contributed by atoms with Crippen LogP contribution in [-0.4, -0.2) is 57.9 Å². The molecule has 4 heterocycles. The maximum atomic E-state index is 12.6. The van der Waals surface area contributed by atoms with Crippen molar-refractivity contribution in [3.8, 4) is 5.69 Å². The van der Waals surface area contributed by atoms with Gasteiger partial charge in [0, 0.05) is 56.2 Å². The first-order chi connectivity index (χ1) is 15.8. The van der Waals surface area contributed by atoms with Crippen LogP contribution in [0.15, 0.2) is 61.1 Å². The summed E-state index contributed by atoms with van der Waals surface area (Å²) < 4.78 is 7.62. The van der Waals surface area contributed by atoms with Crippen LogP contribution in [0.3, 0.4) is 0 Å². The summed E-state index contributed by atoms with van der Waals surface area (Å²) in [4.78, 5) is 19.3. The lowest BCUT2D eigenvalue weighted by molar-refractivity contribution is 0.0419. The van der Waals surface area contributed by atoms with Crippen molar-refractivity contribution in [2.24, 2.45) is 0 Å². The van der Waals surface area contributed by atoms with E-state index < -0.39 is 0 Å². The van der Waals surface area contributed by atoms with Crippen LogP contribution in [0, 0.1) is 0 Å². The van der Waals surface area contributed by atoms with Gasteiger partial charge < -0.3 is 10.1 Å². The van der Waals surface area contributed by atoms with Crippen molar-refractivity contribution in [1.82, 2.24) is 25.0 Å². The highest BCUT2D eigenvalue weighted by Gasteiger charge is 2.33. The summed E-state index contributed by atoms with van der Waals surface area (Å²) >= 11 is 0. The highest BCUT2D eigenvalue weighted by atomic mass is 16.5. The third-order valence-electron chi connectivity index (χ3n) is 6.56. The lowest BCUT2D eigenvalue weighted by Crippen LogP contribution is -2.37. The number of hydrogen-bond donors (Lipinski definition) is 1. The Morgan fingerprint density at radius 2 is 1.91 bits per heavy atom. The summed E-state index contributed by atoms with van der Waals surface area (Å²) in [7, 11) is 0. The standard InChI is InChI=1S/C25H29N5O2/c31-25(19-5-4-11-26-15-19)27-16-21-17-28-30(23-6-2-1-3-7-23)24(21)20-8-12-29(18-20)22-9-13-32-14-10-22/h1-7,11,15,17,20,22H,8-10,12-14,16,18H2,(H,27,31). The minimum absolute atomic E-state index is 0.119. The normalized spacial score (nSPS) is 19.8. The number of carbonyl (C=O) groups excluding carboxylic acids is 1. The van der Waals surface area contributed by atoms with E-state index in [-0.39, 0.29) is 5.91 Å². The third-order valence-corrected chi connectivity index (χ3v) is 6.56. The van der Waals surface area contributed by atoms with E-state index in [4.69, 9.17) is 9.84 Å². The topological polar surface area (TPSA) is 72.3 Å². The molecule has 7 heteroatoms. The van der Waals surface area contributed by atoms with Gasteiger partial charge in [-0.25, -0.2) is 4.68 Å². The van der Waals surface area contributed by atoms with E-state index in [1.165, 1.54) is 5.69 Å². The molecular weight excluding hydrogens is 402 g/mol. The van der Waals surface area contributed by atoms with E-state index >= 15 is 0 Å². The van der Waals surface area contributed by atoms with Crippen molar-refractivity contribution < 1.29 is 9.53 Å². The van der Waals surface area contributed by atoms with E-state index in [0.717, 1.165) is 56.8 Å². The van der Waals surface area contributed by atoms with E-state index in [1.54, 1.807) is 24.5 Å². The van der Waals surface area contributed by atoms with Gasteiger partial charge in [-0.1, -0.05) is 18.2 Å². The number of nitrogens with one attached hydrogen (secondary N) is 1. The molecule has 2 fully saturated rings. The van der Waals surface area contributed by atoms with Crippen molar-refractivity contribution in [2.45, 2.75) is 37.8 Å². The Balaban J connectivity index is 1.38. The number of amides is 1. The number of hydrogen-bond acceptors (Lipinski definition) is 5. The fraction of sp³-hybridized carbons (Fsp3) is 0.400. The Bertz CT molecular complexity index is 1030. The van der Waals surface area contributed by atoms with Gasteiger partial charge in [0.15, 0.2) is 0 Å². The maximum absolute atomic E-state index is 12.6. The van der Waals surface area contributed by atoms with Crippen molar-refractivity contribution >= 4 is 5.91 Å². The molecule has 2 aromatic heterocycles. The van der Waals surface area contributed by atoms with Gasteiger partial charge in [0.05, 0.1) is 23.1 Å². The summed E-state index contributed by atoms with van der Waals surface area (Å²) in [5, 5.41) is 7.79. The number of likely N-dealkylation sites (tertiary alicyclic amines) is 1. The molecule has 1 atom stereocenters. The molecule has 1 N–H and O–H groups in total. The minimum Gasteiger partial charge on any atom is -0.381 e. The number of aromatic nitrogens is 3. The number of para-hydroxylation sites is 1. The van der Waals surface area contributed by atoms with Crippen LogP contribution in [0.1, 0.15) is 46.8 Å². The third kappa shape index (κ3) is 4.45. The molecule has 2 aliphatic rings. The van der Waals surface area contributed by atoms with Crippen LogP contribution >= 0.6 is 0 Å². The number of pyridine rings is 1. The van der Waals surface area contributed by atoms with Crippen molar-refractivity contribution in [1.29, 1.82) is 0 Å². The smallest absolute Gasteiger partial charge is 0.253 e. The number of carbonyl (C=O) groups is 1. The van der Waals surface area contributed by atoms with E-state index in [2.05, 4.69) is 32.0 Å². The van der Waals surface area contributed by atoms with Gasteiger partial charge in [-0.2, -0.15) is 5.10 Å². The van der Waals surface area contributed by atoms with Crippen LogP contribution in [0.2, 0.25) is 0 Å². The Kier molecular flexibility index (Phi) is 6.27. The summed E-state index contributed by atoms with van der Waals surface area (Å²) in [6.45, 7) is 4.28. The van der Waals surface area contributed by atoms with Crippen molar-refractivity contribution in [2.75, 3.05) is 26.3 Å². The van der Waals surface area contributed by atoms with E-state index in [1.807, 2.05) is 24.4 Å². The van der Waals surface area contributed by atoms with Gasteiger partial charge in [-0.05, 0) is 50.1 Å². The van der Waals surface area contributed by atoms with E-state index in [0.29, 0.717) is 24.1 Å². The second kappa shape index (κ2) is 9.63. The lowest BCUT2D eigenvalue weighted by atomic mass is 10.00. The zero-order valence-corrected chi connectivity index (χ0v) is 18.2. The summed E-state index contributed by atoms with van der Waals surface area (Å²) in [5.41, 5.74) is 3.90. The predicted molar refractivity (Wildman–Crippen MR) is 122 cm³/mol. The molecule has 1 aromatic carbocycles. The average molecular weight is 432 g/mol. The highest BCUT2D eigenvalue weighted by molar-refractivity contribution is 5.93. The van der Waals surface area contributed by atoms with E-state index in [9.17, 15) is 4.79 Å². The van der Waals surface area contributed by atoms with Crippen molar-refractivity contribution in [3.63, 3.8) is 0 Å². The number of nitrogens with zero attached hydrogens (tertiary/aromatic N) is 4. The van der Waals surface area contributed by atoms with Crippen LogP contribution in [-0.2, 0) is 11.3 Å². The SMILES string of the molecule is O=C(NCc1cnn(-c2ccccc2)c1C1CCN(C2CCOCC2)C1)c1cccnc1. The average Bonchev–Trinajstić information content (AvgIpc) is 3.51. The zero-order valence-electron chi connectivity index (χ0n) is 18.2. The predicted octanol–water partition coefficient (Wildman–Crippen LogP) is 3.17. The first kappa shape index (κ1) is 20.8. The number of rotatable bonds is 6. The Hall–Kier alpha value is -3.03.